The zero-order chi connectivity index (χ0) is 44.8. The first-order chi connectivity index (χ1) is 29.6. The predicted molar refractivity (Wildman–Crippen MR) is 258 cm³/mol. The van der Waals surface area contributed by atoms with Gasteiger partial charge in [-0.05, 0) is 89.9 Å². The van der Waals surface area contributed by atoms with Crippen molar-refractivity contribution in [3.05, 3.63) is 85.1 Å². The maximum Gasteiger partial charge on any atom is 0.306 e. The summed E-state index contributed by atoms with van der Waals surface area (Å²) < 4.78 is 34.6. The number of quaternary nitrogens is 1. The second kappa shape index (κ2) is 44.3. The van der Waals surface area contributed by atoms with Gasteiger partial charge in [0.25, 0.3) is 7.82 Å². The highest BCUT2D eigenvalue weighted by molar-refractivity contribution is 7.45. The van der Waals surface area contributed by atoms with E-state index in [4.69, 9.17) is 18.5 Å². The molecule has 2 unspecified atom stereocenters. The minimum absolute atomic E-state index is 0.0126. The summed E-state index contributed by atoms with van der Waals surface area (Å²) in [5.41, 5.74) is 0. The first-order valence-corrected chi connectivity index (χ1v) is 25.8. The van der Waals surface area contributed by atoms with Gasteiger partial charge in [-0.15, -0.1) is 0 Å². The average molecular weight is 874 g/mol. The van der Waals surface area contributed by atoms with Crippen molar-refractivity contribution >= 4 is 13.8 Å². The van der Waals surface area contributed by atoms with Gasteiger partial charge >= 0.3 is 5.97 Å². The van der Waals surface area contributed by atoms with Crippen LogP contribution in [0.25, 0.3) is 0 Å². The summed E-state index contributed by atoms with van der Waals surface area (Å²) in [5.74, 6) is -0.379. The Hall–Kier alpha value is -2.32. The molecule has 0 aromatic carbocycles. The van der Waals surface area contributed by atoms with Crippen molar-refractivity contribution in [3.63, 3.8) is 0 Å². The number of phosphoric ester groups is 1. The van der Waals surface area contributed by atoms with Crippen molar-refractivity contribution in [2.45, 2.75) is 187 Å². The molecule has 2 atom stereocenters. The molecule has 0 radical (unpaired) electrons. The molecule has 0 saturated carbocycles. The van der Waals surface area contributed by atoms with E-state index in [1.165, 1.54) is 89.9 Å². The summed E-state index contributed by atoms with van der Waals surface area (Å²) in [5, 5.41) is 0. The highest BCUT2D eigenvalue weighted by Gasteiger charge is 2.20. The first kappa shape index (κ1) is 58.7. The number of rotatable bonds is 44. The molecule has 0 N–H and O–H groups in total. The summed E-state index contributed by atoms with van der Waals surface area (Å²) in [4.78, 5) is 25.1. The van der Waals surface area contributed by atoms with Crippen LogP contribution in [-0.4, -0.2) is 70.7 Å². The molecule has 0 aliphatic carbocycles. The smallest absolute Gasteiger partial charge is 0.306 e. The zero-order valence-corrected chi connectivity index (χ0v) is 40.7. The van der Waals surface area contributed by atoms with E-state index in [9.17, 15) is 14.3 Å². The van der Waals surface area contributed by atoms with E-state index in [2.05, 4.69) is 98.9 Å². The second-order valence-corrected chi connectivity index (χ2v) is 18.5. The molecule has 8 nitrogen and oxygen atoms in total. The number of hydrogen-bond acceptors (Lipinski definition) is 7. The average Bonchev–Trinajstić information content (AvgIpc) is 3.22. The van der Waals surface area contributed by atoms with E-state index in [1.54, 1.807) is 0 Å². The van der Waals surface area contributed by atoms with Crippen LogP contribution in [0.5, 0.6) is 0 Å². The lowest BCUT2D eigenvalue weighted by Gasteiger charge is -2.28. The van der Waals surface area contributed by atoms with Crippen LogP contribution in [0.2, 0.25) is 0 Å². The first-order valence-electron chi connectivity index (χ1n) is 24.3. The quantitative estimate of drug-likeness (QED) is 0.0198. The van der Waals surface area contributed by atoms with Crippen LogP contribution in [0.3, 0.4) is 0 Å². The number of carbonyl (C=O) groups excluding carboxylic acids is 1. The molecule has 0 heterocycles. The molecule has 0 bridgehead atoms. The Morgan fingerprint density at radius 3 is 1.44 bits per heavy atom. The predicted octanol–water partition coefficient (Wildman–Crippen LogP) is 14.2. The van der Waals surface area contributed by atoms with E-state index in [-0.39, 0.29) is 32.2 Å². The van der Waals surface area contributed by atoms with Crippen LogP contribution in [0.4, 0.5) is 0 Å². The Labute approximate surface area is 375 Å². The summed E-state index contributed by atoms with van der Waals surface area (Å²) in [6, 6.07) is 0. The summed E-state index contributed by atoms with van der Waals surface area (Å²) in [6.07, 6.45) is 58.9. The normalized spacial score (nSPS) is 14.4. The fraction of sp³-hybridized carbons (Fsp3) is 0.712. The van der Waals surface area contributed by atoms with E-state index in [0.29, 0.717) is 24.1 Å². The van der Waals surface area contributed by atoms with Gasteiger partial charge in [-0.3, -0.25) is 9.36 Å². The van der Waals surface area contributed by atoms with Crippen LogP contribution >= 0.6 is 7.82 Å². The minimum Gasteiger partial charge on any atom is -0.756 e. The van der Waals surface area contributed by atoms with Crippen molar-refractivity contribution in [2.75, 3.05) is 54.1 Å². The highest BCUT2D eigenvalue weighted by Crippen LogP contribution is 2.38. The Kier molecular flexibility index (Phi) is 42.6. The molecule has 0 aromatic rings. The van der Waals surface area contributed by atoms with Crippen LogP contribution in [0.15, 0.2) is 85.1 Å². The summed E-state index contributed by atoms with van der Waals surface area (Å²) in [6.45, 7) is 5.22. The molecule has 0 aromatic heterocycles. The molecule has 0 spiro atoms. The number of nitrogens with zero attached hydrogens (tertiary/aromatic N) is 1. The molecule has 0 aliphatic heterocycles. The van der Waals surface area contributed by atoms with E-state index in [0.717, 1.165) is 64.2 Å². The van der Waals surface area contributed by atoms with Crippen LogP contribution in [-0.2, 0) is 27.9 Å². The molecule has 352 valence electrons. The van der Waals surface area contributed by atoms with Crippen molar-refractivity contribution in [1.82, 2.24) is 0 Å². The largest absolute Gasteiger partial charge is 0.756 e. The SMILES string of the molecule is CC/C=C\C/C=C\C/C=C\C/C=C\C/C=C\C/C=C\CCCCC(=O)OC(COCCCCCCCCCC/C=C\CCCCCCCC)COP(=O)([O-])OCC[N+](C)(C)C. The lowest BCUT2D eigenvalue weighted by molar-refractivity contribution is -0.870. The topological polar surface area (TPSA) is 94.1 Å². The Morgan fingerprint density at radius 2 is 0.951 bits per heavy atom. The number of likely N-dealkylation sites (N-methyl/N-ethyl adjacent to an activating group) is 1. The van der Waals surface area contributed by atoms with Crippen molar-refractivity contribution in [3.8, 4) is 0 Å². The van der Waals surface area contributed by atoms with Gasteiger partial charge in [-0.2, -0.15) is 0 Å². The number of phosphoric acid groups is 1. The molecule has 9 heteroatoms. The highest BCUT2D eigenvalue weighted by atomic mass is 31.2. The second-order valence-electron chi connectivity index (χ2n) is 17.1. The molecule has 0 rings (SSSR count). The number of hydrogen-bond donors (Lipinski definition) is 0. The summed E-state index contributed by atoms with van der Waals surface area (Å²) >= 11 is 0. The standard InChI is InChI=1S/C52H92NO7P/c1-6-8-10-12-14-16-18-20-22-24-26-27-28-29-31-33-35-37-39-41-43-45-52(54)60-51(50-59-61(55,56)58-48-46-53(3,4)5)49-57-47-44-42-40-38-36-34-32-30-25-23-21-19-17-15-13-11-9-7-2/h8,10,14,16,20-23,26-27,29,31,35,37,51H,6-7,9,11-13,15,17-19,24-25,28,30,32-34,36,38-50H2,1-5H3/b10-8-,16-14-,22-20-,23-21-,27-26-,31-29-,37-35-. The van der Waals surface area contributed by atoms with Gasteiger partial charge in [0.1, 0.15) is 19.3 Å². The van der Waals surface area contributed by atoms with E-state index >= 15 is 0 Å². The minimum atomic E-state index is -4.55. The Morgan fingerprint density at radius 1 is 0.525 bits per heavy atom. The lowest BCUT2D eigenvalue weighted by atomic mass is 10.1. The Balaban J connectivity index is 4.30. The third-order valence-electron chi connectivity index (χ3n) is 9.93. The van der Waals surface area contributed by atoms with Crippen molar-refractivity contribution in [2.24, 2.45) is 0 Å². The number of allylic oxidation sites excluding steroid dienone is 14. The van der Waals surface area contributed by atoms with Gasteiger partial charge in [-0.1, -0.05) is 170 Å². The van der Waals surface area contributed by atoms with E-state index in [1.807, 2.05) is 21.1 Å². The van der Waals surface area contributed by atoms with E-state index < -0.39 is 13.9 Å². The lowest BCUT2D eigenvalue weighted by Crippen LogP contribution is -2.37. The fourth-order valence-electron chi connectivity index (χ4n) is 6.19. The summed E-state index contributed by atoms with van der Waals surface area (Å²) in [7, 11) is 1.31. The van der Waals surface area contributed by atoms with Crippen molar-refractivity contribution < 1.29 is 37.3 Å². The van der Waals surface area contributed by atoms with Crippen LogP contribution in [0, 0.1) is 0 Å². The molecule has 0 amide bonds. The Bertz CT molecular complexity index is 1250. The molecule has 61 heavy (non-hydrogen) atoms. The molecular formula is C52H92NO7P. The van der Waals surface area contributed by atoms with Gasteiger partial charge in [0.2, 0.25) is 0 Å². The van der Waals surface area contributed by atoms with Crippen LogP contribution < -0.4 is 4.89 Å². The maximum absolute atomic E-state index is 12.7. The molecule has 0 fully saturated rings. The monoisotopic (exact) mass is 874 g/mol. The van der Waals surface area contributed by atoms with Gasteiger partial charge in [0, 0.05) is 13.0 Å². The molecule has 0 saturated heterocycles. The van der Waals surface area contributed by atoms with Gasteiger partial charge in [0.05, 0.1) is 34.4 Å². The number of esters is 1. The third kappa shape index (κ3) is 48.6. The van der Waals surface area contributed by atoms with Crippen LogP contribution in [0.1, 0.15) is 181 Å². The molecular weight excluding hydrogens is 782 g/mol. The number of carbonyl (C=O) groups is 1. The third-order valence-corrected chi connectivity index (χ3v) is 10.9. The van der Waals surface area contributed by atoms with Gasteiger partial charge < -0.3 is 27.9 Å². The number of ether oxygens (including phenoxy) is 2. The van der Waals surface area contributed by atoms with Gasteiger partial charge in [-0.25, -0.2) is 0 Å². The fourth-order valence-corrected chi connectivity index (χ4v) is 6.92. The molecule has 0 aliphatic rings. The van der Waals surface area contributed by atoms with Crippen molar-refractivity contribution in [1.29, 1.82) is 0 Å². The number of unbranched alkanes of at least 4 members (excludes halogenated alkanes) is 16. The van der Waals surface area contributed by atoms with Gasteiger partial charge in [0.15, 0.2) is 0 Å². The zero-order valence-electron chi connectivity index (χ0n) is 39.8. The maximum atomic E-state index is 12.7.